The van der Waals surface area contributed by atoms with Crippen LogP contribution in [0.25, 0.3) is 0 Å². The molecule has 0 aliphatic carbocycles. The summed E-state index contributed by atoms with van der Waals surface area (Å²) in [4.78, 5) is 20.5. The molecule has 0 rings (SSSR count). The number of hydrogen-bond acceptors (Lipinski definition) is 3. The minimum atomic E-state index is -1.06. The smallest absolute Gasteiger partial charge is 1.00 e. The molecule has 0 bridgehead atoms. The van der Waals surface area contributed by atoms with Crippen molar-refractivity contribution in [3.63, 3.8) is 0 Å². The van der Waals surface area contributed by atoms with Crippen LogP contribution in [-0.2, 0) is 32.0 Å². The zero-order valence-corrected chi connectivity index (χ0v) is 12.9. The van der Waals surface area contributed by atoms with Crippen LogP contribution in [0.4, 0.5) is 0 Å². The quantitative estimate of drug-likeness (QED) is 0.312. The van der Waals surface area contributed by atoms with E-state index in [1.165, 1.54) is 6.92 Å². The number of carboxylic acid groups (broad SMARTS) is 1. The fraction of sp³-hybridized carbons (Fsp3) is 0.600. The van der Waals surface area contributed by atoms with E-state index in [4.69, 9.17) is 5.11 Å². The molecular formula is C5H14AuNNaO5S. The van der Waals surface area contributed by atoms with E-state index in [2.05, 4.69) is 17.9 Å². The molecule has 87 valence electrons. The van der Waals surface area contributed by atoms with Gasteiger partial charge >= 0.3 is 35.5 Å². The molecule has 0 aliphatic heterocycles. The van der Waals surface area contributed by atoms with Crippen LogP contribution in [0.1, 0.15) is 8.35 Å². The fourth-order valence-electron chi connectivity index (χ4n) is 0.431. The largest absolute Gasteiger partial charge is 1.00 e. The van der Waals surface area contributed by atoms with Gasteiger partial charge in [-0.05, 0) is 0 Å². The summed E-state index contributed by atoms with van der Waals surface area (Å²) < 4.78 is 0. The van der Waals surface area contributed by atoms with E-state index in [1.807, 2.05) is 0 Å². The van der Waals surface area contributed by atoms with Gasteiger partial charge in [-0.1, -0.05) is 0 Å². The Morgan fingerprint density at radius 3 is 1.93 bits per heavy atom. The molecule has 6 N–H and O–H groups in total. The number of thiol groups is 1. The predicted octanol–water partition coefficient (Wildman–Crippen LogP) is -5.03. The molecular weight excluding hydrogens is 406 g/mol. The van der Waals surface area contributed by atoms with Crippen LogP contribution < -0.4 is 34.9 Å². The Bertz CT molecular complexity index is 166. The van der Waals surface area contributed by atoms with Crippen molar-refractivity contribution in [1.29, 1.82) is 0 Å². The Balaban J connectivity index is -0.0000000405. The summed E-state index contributed by atoms with van der Waals surface area (Å²) in [5.74, 6) is -1.32. The molecule has 14 heavy (non-hydrogen) atoms. The normalized spacial score (nSPS) is 8.71. The molecule has 1 amide bonds. The maximum Gasteiger partial charge on any atom is 1.00 e. The third-order valence-corrected chi connectivity index (χ3v) is 1.22. The van der Waals surface area contributed by atoms with Gasteiger partial charge < -0.3 is 22.8 Å². The average Bonchev–Trinajstić information content (AvgIpc) is 1.81. The van der Waals surface area contributed by atoms with E-state index in [0.29, 0.717) is 0 Å². The second-order valence-electron chi connectivity index (χ2n) is 1.77. The topological polar surface area (TPSA) is 129 Å². The van der Waals surface area contributed by atoms with Crippen molar-refractivity contribution < 1.29 is 79.0 Å². The van der Waals surface area contributed by atoms with E-state index in [-0.39, 0.29) is 76.0 Å². The van der Waals surface area contributed by atoms with E-state index in [9.17, 15) is 9.59 Å². The van der Waals surface area contributed by atoms with Gasteiger partial charge in [0.25, 0.3) is 0 Å². The van der Waals surface area contributed by atoms with Gasteiger partial charge in [-0.25, -0.2) is 4.79 Å². The minimum Gasteiger partial charge on any atom is -1.00 e. The van der Waals surface area contributed by atoms with Crippen LogP contribution in [0.15, 0.2) is 0 Å². The van der Waals surface area contributed by atoms with Gasteiger partial charge in [0.1, 0.15) is 6.04 Å². The van der Waals surface area contributed by atoms with Crippen LogP contribution >= 0.6 is 12.6 Å². The monoisotopic (exact) mass is 420 g/mol. The molecule has 1 radical (unpaired) electrons. The fourth-order valence-corrected chi connectivity index (χ4v) is 0.678. The summed E-state index contributed by atoms with van der Waals surface area (Å²) >= 11 is 3.73. The second kappa shape index (κ2) is 16.4. The Labute approximate surface area is 127 Å². The van der Waals surface area contributed by atoms with Gasteiger partial charge in [0.2, 0.25) is 5.91 Å². The van der Waals surface area contributed by atoms with Crippen molar-refractivity contribution in [2.45, 2.75) is 13.0 Å². The molecule has 0 saturated carbocycles. The summed E-state index contributed by atoms with van der Waals surface area (Å²) in [7, 11) is 0. The molecule has 9 heteroatoms. The average molecular weight is 420 g/mol. The Hall–Kier alpha value is 0.950. The Morgan fingerprint density at radius 2 is 1.86 bits per heavy atom. The zero-order valence-electron chi connectivity index (χ0n) is 8.80. The van der Waals surface area contributed by atoms with Crippen LogP contribution in [0, 0.1) is 0 Å². The summed E-state index contributed by atoms with van der Waals surface area (Å²) in [6.07, 6.45) is 0. The molecule has 0 fully saturated rings. The molecule has 0 aromatic carbocycles. The Morgan fingerprint density at radius 1 is 1.50 bits per heavy atom. The first-order chi connectivity index (χ1) is 4.57. The number of amides is 1. The zero-order chi connectivity index (χ0) is 8.15. The number of carbonyl (C=O) groups excluding carboxylic acids is 1. The summed E-state index contributed by atoms with van der Waals surface area (Å²) in [5, 5.41) is 10.6. The molecule has 0 aromatic heterocycles. The molecule has 0 aromatic rings. The van der Waals surface area contributed by atoms with Gasteiger partial charge in [-0.15, -0.1) is 0 Å². The van der Waals surface area contributed by atoms with E-state index in [1.54, 1.807) is 0 Å². The van der Waals surface area contributed by atoms with E-state index in [0.717, 1.165) is 0 Å². The number of carbonyl (C=O) groups is 2. The van der Waals surface area contributed by atoms with Crippen molar-refractivity contribution in [2.24, 2.45) is 0 Å². The summed E-state index contributed by atoms with van der Waals surface area (Å²) in [5.41, 5.74) is 0. The molecule has 0 aliphatic rings. The number of hydrogen-bond donors (Lipinski definition) is 3. The second-order valence-corrected chi connectivity index (χ2v) is 2.14. The number of aliphatic carboxylic acids is 1. The number of rotatable bonds is 3. The van der Waals surface area contributed by atoms with Gasteiger partial charge in [-0.2, -0.15) is 12.6 Å². The molecule has 0 saturated heterocycles. The Kier molecular flexibility index (Phi) is 34.4. The SMILES string of the molecule is CC(=O)NC(CS)C(=O)O.O.O.[Au].[H-].[Na+]. The van der Waals surface area contributed by atoms with Crippen LogP contribution in [-0.4, -0.2) is 39.7 Å². The van der Waals surface area contributed by atoms with Crippen molar-refractivity contribution >= 4 is 24.5 Å². The van der Waals surface area contributed by atoms with Crippen LogP contribution in [0.5, 0.6) is 0 Å². The van der Waals surface area contributed by atoms with E-state index < -0.39 is 12.0 Å². The molecule has 0 heterocycles. The molecule has 6 nitrogen and oxygen atoms in total. The predicted molar refractivity (Wildman–Crippen MR) is 47.4 cm³/mol. The number of carboxylic acids is 1. The third-order valence-electron chi connectivity index (χ3n) is 0.858. The van der Waals surface area contributed by atoms with Gasteiger partial charge in [-0.3, -0.25) is 4.79 Å². The van der Waals surface area contributed by atoms with Crippen molar-refractivity contribution in [2.75, 3.05) is 5.75 Å². The first-order valence-electron chi connectivity index (χ1n) is 2.68. The van der Waals surface area contributed by atoms with Gasteiger partial charge in [0, 0.05) is 35.1 Å². The van der Waals surface area contributed by atoms with E-state index >= 15 is 0 Å². The first-order valence-corrected chi connectivity index (χ1v) is 3.32. The maximum absolute atomic E-state index is 10.3. The van der Waals surface area contributed by atoms with Crippen molar-refractivity contribution in [3.8, 4) is 0 Å². The standard InChI is InChI=1S/C5H9NO3S.Au.Na.2H2O.H/c1-3(7)6-4(2-10)5(8)9;;;;;/h4,10H,2H2,1H3,(H,6,7)(H,8,9);;;2*1H2;/q;;+1;;;-1. The molecule has 0 spiro atoms. The van der Waals surface area contributed by atoms with Crippen molar-refractivity contribution in [1.82, 2.24) is 5.32 Å². The van der Waals surface area contributed by atoms with Crippen molar-refractivity contribution in [3.05, 3.63) is 0 Å². The van der Waals surface area contributed by atoms with Crippen LogP contribution in [0.3, 0.4) is 0 Å². The van der Waals surface area contributed by atoms with Gasteiger partial charge in [0.05, 0.1) is 0 Å². The molecule has 1 atom stereocenters. The minimum absolute atomic E-state index is 0. The summed E-state index contributed by atoms with van der Waals surface area (Å²) in [6.45, 7) is 1.26. The van der Waals surface area contributed by atoms with Crippen LogP contribution in [0.2, 0.25) is 0 Å². The maximum atomic E-state index is 10.3. The number of nitrogens with one attached hydrogen (secondary N) is 1. The third kappa shape index (κ3) is 15.4. The molecule has 1 unspecified atom stereocenters. The first kappa shape index (κ1) is 29.4. The van der Waals surface area contributed by atoms with Gasteiger partial charge in [0.15, 0.2) is 0 Å². The summed E-state index contributed by atoms with van der Waals surface area (Å²) in [6, 6.07) is -0.874.